The van der Waals surface area contributed by atoms with Gasteiger partial charge in [-0.2, -0.15) is 0 Å². The van der Waals surface area contributed by atoms with Crippen molar-refractivity contribution in [3.05, 3.63) is 108 Å². The number of hydrogen-bond donors (Lipinski definition) is 3. The van der Waals surface area contributed by atoms with Crippen LogP contribution in [-0.2, 0) is 0 Å². The molecule has 0 fully saturated rings. The molecule has 0 aromatic heterocycles. The molecule has 1 atom stereocenters. The zero-order valence-electron chi connectivity index (χ0n) is 19.6. The normalized spacial score (nSPS) is 14.9. The quantitative estimate of drug-likeness (QED) is 0.260. The fourth-order valence-corrected chi connectivity index (χ4v) is 4.90. The van der Waals surface area contributed by atoms with Crippen LogP contribution in [-0.4, -0.2) is 12.6 Å². The number of carbonyl (C=O) groups excluding carboxylic acids is 1. The van der Waals surface area contributed by atoms with Gasteiger partial charge in [0.15, 0.2) is 0 Å². The number of anilines is 2. The summed E-state index contributed by atoms with van der Waals surface area (Å²) in [5.41, 5.74) is 6.85. The van der Waals surface area contributed by atoms with Gasteiger partial charge in [-0.25, -0.2) is 4.79 Å². The second kappa shape index (κ2) is 10.3. The van der Waals surface area contributed by atoms with Crippen molar-refractivity contribution in [1.29, 1.82) is 0 Å². The fourth-order valence-electron chi connectivity index (χ4n) is 4.61. The van der Waals surface area contributed by atoms with Gasteiger partial charge in [0, 0.05) is 22.1 Å². The lowest BCUT2D eigenvalue weighted by Gasteiger charge is -2.22. The van der Waals surface area contributed by atoms with Crippen LogP contribution >= 0.6 is 12.6 Å². The summed E-state index contributed by atoms with van der Waals surface area (Å²) in [6, 6.07) is 30.1. The first-order chi connectivity index (χ1) is 17.1. The van der Waals surface area contributed by atoms with E-state index in [0.717, 1.165) is 51.4 Å². The Morgan fingerprint density at radius 3 is 2.43 bits per heavy atom. The monoisotopic (exact) mass is 480 g/mol. The Morgan fingerprint density at radius 1 is 0.914 bits per heavy atom. The van der Waals surface area contributed by atoms with E-state index in [1.54, 1.807) is 0 Å². The first-order valence-corrected chi connectivity index (χ1v) is 12.3. The summed E-state index contributed by atoms with van der Waals surface area (Å²) in [6.45, 7) is 2.62. The summed E-state index contributed by atoms with van der Waals surface area (Å²) in [5, 5.41) is 6.00. The van der Waals surface area contributed by atoms with E-state index < -0.39 is 0 Å². The molecule has 4 aromatic rings. The minimum absolute atomic E-state index is 0.168. The van der Waals surface area contributed by atoms with E-state index >= 15 is 0 Å². The number of aryl methyl sites for hydroxylation is 1. The highest BCUT2D eigenvalue weighted by Crippen LogP contribution is 2.45. The number of fused-ring (bicyclic) bond motifs is 1. The molecule has 0 saturated heterocycles. The summed E-state index contributed by atoms with van der Waals surface area (Å²) < 4.78 is 6.26. The predicted octanol–water partition coefficient (Wildman–Crippen LogP) is 7.90. The van der Waals surface area contributed by atoms with Gasteiger partial charge in [0.05, 0.1) is 12.3 Å². The molecular formula is C30H28N2O2S. The van der Waals surface area contributed by atoms with E-state index in [9.17, 15) is 4.79 Å². The molecule has 1 aliphatic rings. The molecule has 4 aromatic carbocycles. The van der Waals surface area contributed by atoms with Crippen LogP contribution in [0.2, 0.25) is 0 Å². The van der Waals surface area contributed by atoms with E-state index in [0.29, 0.717) is 12.3 Å². The number of carbonyl (C=O) groups is 1. The Bertz CT molecular complexity index is 1340. The van der Waals surface area contributed by atoms with Gasteiger partial charge in [-0.05, 0) is 66.8 Å². The minimum atomic E-state index is -0.309. The average molecular weight is 481 g/mol. The van der Waals surface area contributed by atoms with Crippen molar-refractivity contribution >= 4 is 30.0 Å². The maximum Gasteiger partial charge on any atom is 0.323 e. The largest absolute Gasteiger partial charge is 0.491 e. The molecule has 1 aliphatic heterocycles. The van der Waals surface area contributed by atoms with Crippen molar-refractivity contribution < 1.29 is 9.53 Å². The lowest BCUT2D eigenvalue weighted by Crippen LogP contribution is -2.20. The second-order valence-electron chi connectivity index (χ2n) is 8.86. The van der Waals surface area contributed by atoms with Gasteiger partial charge in [-0.3, -0.25) is 0 Å². The molecule has 0 spiro atoms. The van der Waals surface area contributed by atoms with Gasteiger partial charge in [0.1, 0.15) is 5.75 Å². The van der Waals surface area contributed by atoms with Crippen LogP contribution in [0.1, 0.15) is 35.4 Å². The number of benzene rings is 4. The molecule has 0 aliphatic carbocycles. The molecule has 0 bridgehead atoms. The standard InChI is InChI=1S/C30H28N2O2S/c1-20-13-15-23(16-14-20)31-30(33)32-27-19-22(25-10-5-6-12-28(25)35)18-26-24(11-7-17-34-29(26)27)21-8-3-2-4-9-21/h2-6,8-10,12-16,18-19,24,35H,7,11,17H2,1H3,(H2,31,32,33). The van der Waals surface area contributed by atoms with Crippen LogP contribution < -0.4 is 15.4 Å². The van der Waals surface area contributed by atoms with Crippen molar-refractivity contribution in [2.75, 3.05) is 17.2 Å². The van der Waals surface area contributed by atoms with E-state index in [1.807, 2.05) is 61.5 Å². The third-order valence-electron chi connectivity index (χ3n) is 6.35. The van der Waals surface area contributed by atoms with Gasteiger partial charge in [-0.1, -0.05) is 66.2 Å². The number of thiol groups is 1. The summed E-state index contributed by atoms with van der Waals surface area (Å²) in [4.78, 5) is 13.9. The second-order valence-corrected chi connectivity index (χ2v) is 9.34. The van der Waals surface area contributed by atoms with Gasteiger partial charge in [0.2, 0.25) is 0 Å². The van der Waals surface area contributed by atoms with Gasteiger partial charge in [0.25, 0.3) is 0 Å². The van der Waals surface area contributed by atoms with Crippen molar-refractivity contribution in [3.63, 3.8) is 0 Å². The maximum atomic E-state index is 13.0. The lowest BCUT2D eigenvalue weighted by molar-refractivity contribution is 0.262. The Morgan fingerprint density at radius 2 is 1.66 bits per heavy atom. The number of ether oxygens (including phenoxy) is 1. The third kappa shape index (κ3) is 5.20. The molecule has 176 valence electrons. The SMILES string of the molecule is Cc1ccc(NC(=O)Nc2cc(-c3ccccc3S)cc3c2OCCCC3c2ccccc2)cc1. The molecule has 5 rings (SSSR count). The van der Waals surface area contributed by atoms with Crippen LogP contribution in [0.5, 0.6) is 5.75 Å². The highest BCUT2D eigenvalue weighted by molar-refractivity contribution is 7.80. The van der Waals surface area contributed by atoms with Crippen LogP contribution in [0.15, 0.2) is 95.9 Å². The number of amides is 2. The van der Waals surface area contributed by atoms with E-state index in [-0.39, 0.29) is 11.9 Å². The maximum absolute atomic E-state index is 13.0. The first-order valence-electron chi connectivity index (χ1n) is 11.9. The van der Waals surface area contributed by atoms with Gasteiger partial charge in [-0.15, -0.1) is 12.6 Å². The summed E-state index contributed by atoms with van der Waals surface area (Å²) in [5.74, 6) is 0.900. The summed E-state index contributed by atoms with van der Waals surface area (Å²) in [7, 11) is 0. The lowest BCUT2D eigenvalue weighted by atomic mass is 9.85. The molecule has 2 amide bonds. The zero-order valence-corrected chi connectivity index (χ0v) is 20.5. The van der Waals surface area contributed by atoms with Gasteiger partial charge < -0.3 is 15.4 Å². The topological polar surface area (TPSA) is 50.4 Å². The number of hydrogen-bond acceptors (Lipinski definition) is 3. The Kier molecular flexibility index (Phi) is 6.77. The van der Waals surface area contributed by atoms with E-state index in [1.165, 1.54) is 5.56 Å². The van der Waals surface area contributed by atoms with Crippen LogP contribution in [0.3, 0.4) is 0 Å². The first kappa shape index (κ1) is 23.1. The average Bonchev–Trinajstić information content (AvgIpc) is 3.09. The van der Waals surface area contributed by atoms with Crippen LogP contribution in [0.4, 0.5) is 16.2 Å². The number of urea groups is 1. The molecule has 2 N–H and O–H groups in total. The summed E-state index contributed by atoms with van der Waals surface area (Å²) in [6.07, 6.45) is 1.90. The number of nitrogens with one attached hydrogen (secondary N) is 2. The molecule has 0 saturated carbocycles. The molecule has 5 heteroatoms. The highest BCUT2D eigenvalue weighted by Gasteiger charge is 2.26. The highest BCUT2D eigenvalue weighted by atomic mass is 32.1. The Labute approximate surface area is 211 Å². The Balaban J connectivity index is 1.58. The molecule has 1 unspecified atom stereocenters. The van der Waals surface area contributed by atoms with E-state index in [4.69, 9.17) is 17.4 Å². The molecule has 35 heavy (non-hydrogen) atoms. The van der Waals surface area contributed by atoms with Gasteiger partial charge >= 0.3 is 6.03 Å². The molecule has 0 radical (unpaired) electrons. The fraction of sp³-hybridized carbons (Fsp3) is 0.167. The van der Waals surface area contributed by atoms with Crippen molar-refractivity contribution in [1.82, 2.24) is 0 Å². The zero-order chi connectivity index (χ0) is 24.2. The smallest absolute Gasteiger partial charge is 0.323 e. The minimum Gasteiger partial charge on any atom is -0.491 e. The van der Waals surface area contributed by atoms with E-state index in [2.05, 4.69) is 47.0 Å². The third-order valence-corrected chi connectivity index (χ3v) is 6.74. The Hall–Kier alpha value is -3.70. The molecule has 1 heterocycles. The van der Waals surface area contributed by atoms with Crippen LogP contribution in [0.25, 0.3) is 11.1 Å². The predicted molar refractivity (Wildman–Crippen MR) is 146 cm³/mol. The van der Waals surface area contributed by atoms with Crippen molar-refractivity contribution in [2.24, 2.45) is 0 Å². The van der Waals surface area contributed by atoms with Crippen molar-refractivity contribution in [3.8, 4) is 16.9 Å². The van der Waals surface area contributed by atoms with Crippen molar-refractivity contribution in [2.45, 2.75) is 30.6 Å². The molecular weight excluding hydrogens is 452 g/mol. The summed E-state index contributed by atoms with van der Waals surface area (Å²) >= 11 is 4.70. The number of rotatable bonds is 4. The van der Waals surface area contributed by atoms with Crippen LogP contribution in [0, 0.1) is 6.92 Å². The molecule has 4 nitrogen and oxygen atoms in total.